The van der Waals surface area contributed by atoms with Crippen molar-refractivity contribution < 1.29 is 9.15 Å². The summed E-state index contributed by atoms with van der Waals surface area (Å²) in [5.41, 5.74) is 0. The Morgan fingerprint density at radius 2 is 2.31 bits per heavy atom. The zero-order valence-corrected chi connectivity index (χ0v) is 11.0. The Kier molecular flexibility index (Phi) is 4.88. The van der Waals surface area contributed by atoms with Crippen molar-refractivity contribution in [2.75, 3.05) is 19.8 Å². The number of halogens is 1. The summed E-state index contributed by atoms with van der Waals surface area (Å²) >= 11 is 3.28. The quantitative estimate of drug-likeness (QED) is 0.747. The van der Waals surface area contributed by atoms with E-state index in [1.807, 2.05) is 12.1 Å². The van der Waals surface area contributed by atoms with Crippen LogP contribution in [0.4, 0.5) is 0 Å². The molecule has 4 heteroatoms. The van der Waals surface area contributed by atoms with Crippen LogP contribution in [0.15, 0.2) is 21.2 Å². The van der Waals surface area contributed by atoms with Crippen molar-refractivity contribution in [1.29, 1.82) is 0 Å². The van der Waals surface area contributed by atoms with E-state index in [1.54, 1.807) is 0 Å². The molecule has 2 rings (SSSR count). The number of hydrogen-bond donors (Lipinski definition) is 1. The van der Waals surface area contributed by atoms with Gasteiger partial charge < -0.3 is 14.5 Å². The van der Waals surface area contributed by atoms with Crippen molar-refractivity contribution in [2.24, 2.45) is 5.92 Å². The number of rotatable bonds is 8. The molecule has 0 saturated heterocycles. The molecular weight excluding hydrogens is 270 g/mol. The highest BCUT2D eigenvalue weighted by Gasteiger charge is 2.20. The largest absolute Gasteiger partial charge is 0.453 e. The maximum atomic E-state index is 5.54. The normalized spacial score (nSPS) is 15.6. The van der Waals surface area contributed by atoms with Crippen molar-refractivity contribution in [1.82, 2.24) is 5.32 Å². The molecule has 0 aliphatic heterocycles. The molecule has 1 aromatic rings. The summed E-state index contributed by atoms with van der Waals surface area (Å²) in [6.45, 7) is 3.59. The summed E-state index contributed by atoms with van der Waals surface area (Å²) in [6, 6.07) is 3.89. The van der Waals surface area contributed by atoms with Crippen molar-refractivity contribution in [3.8, 4) is 0 Å². The zero-order valence-electron chi connectivity index (χ0n) is 9.38. The molecule has 90 valence electrons. The minimum atomic E-state index is 0.786. The van der Waals surface area contributed by atoms with Gasteiger partial charge in [-0.05, 0) is 59.8 Å². The van der Waals surface area contributed by atoms with Gasteiger partial charge in [0.05, 0.1) is 6.54 Å². The first kappa shape index (κ1) is 12.1. The Bertz CT molecular complexity index is 310. The molecule has 1 fully saturated rings. The van der Waals surface area contributed by atoms with Gasteiger partial charge >= 0.3 is 0 Å². The topological polar surface area (TPSA) is 34.4 Å². The van der Waals surface area contributed by atoms with Crippen molar-refractivity contribution in [3.05, 3.63) is 22.6 Å². The van der Waals surface area contributed by atoms with E-state index in [9.17, 15) is 0 Å². The van der Waals surface area contributed by atoms with Crippen LogP contribution in [0.5, 0.6) is 0 Å². The lowest BCUT2D eigenvalue weighted by Crippen LogP contribution is -2.16. The Hall–Kier alpha value is -0.320. The van der Waals surface area contributed by atoms with Gasteiger partial charge in [-0.15, -0.1) is 0 Å². The fourth-order valence-electron chi connectivity index (χ4n) is 1.49. The van der Waals surface area contributed by atoms with Crippen LogP contribution in [-0.4, -0.2) is 19.8 Å². The summed E-state index contributed by atoms with van der Waals surface area (Å²) in [4.78, 5) is 0. The highest BCUT2D eigenvalue weighted by atomic mass is 79.9. The maximum Gasteiger partial charge on any atom is 0.169 e. The molecule has 1 heterocycles. The SMILES string of the molecule is Brc1ccc(CNCCCOCC2CC2)o1. The second-order valence-electron chi connectivity index (χ2n) is 4.25. The van der Waals surface area contributed by atoms with Crippen molar-refractivity contribution in [3.63, 3.8) is 0 Å². The minimum Gasteiger partial charge on any atom is -0.453 e. The molecule has 1 aliphatic rings. The molecule has 0 aromatic carbocycles. The predicted molar refractivity (Wildman–Crippen MR) is 66.3 cm³/mol. The number of hydrogen-bond acceptors (Lipinski definition) is 3. The van der Waals surface area contributed by atoms with Crippen LogP contribution in [-0.2, 0) is 11.3 Å². The molecule has 0 bridgehead atoms. The van der Waals surface area contributed by atoms with Gasteiger partial charge in [0, 0.05) is 13.2 Å². The van der Waals surface area contributed by atoms with Crippen molar-refractivity contribution >= 4 is 15.9 Å². The van der Waals surface area contributed by atoms with E-state index in [0.29, 0.717) is 0 Å². The van der Waals surface area contributed by atoms with E-state index in [-0.39, 0.29) is 0 Å². The molecule has 0 spiro atoms. The van der Waals surface area contributed by atoms with Gasteiger partial charge in [0.1, 0.15) is 5.76 Å². The first-order chi connectivity index (χ1) is 7.84. The zero-order chi connectivity index (χ0) is 11.2. The van der Waals surface area contributed by atoms with Gasteiger partial charge in [-0.3, -0.25) is 0 Å². The van der Waals surface area contributed by atoms with E-state index >= 15 is 0 Å². The molecule has 1 N–H and O–H groups in total. The highest BCUT2D eigenvalue weighted by Crippen LogP contribution is 2.28. The van der Waals surface area contributed by atoms with Gasteiger partial charge in [0.25, 0.3) is 0 Å². The average Bonchev–Trinajstić information content (AvgIpc) is 3.00. The molecule has 1 saturated carbocycles. The third-order valence-corrected chi connectivity index (χ3v) is 3.05. The molecule has 0 radical (unpaired) electrons. The van der Waals surface area contributed by atoms with Crippen LogP contribution in [0.25, 0.3) is 0 Å². The van der Waals surface area contributed by atoms with Gasteiger partial charge in [-0.1, -0.05) is 0 Å². The molecule has 3 nitrogen and oxygen atoms in total. The van der Waals surface area contributed by atoms with Gasteiger partial charge in [0.15, 0.2) is 4.67 Å². The smallest absolute Gasteiger partial charge is 0.169 e. The molecule has 0 atom stereocenters. The van der Waals surface area contributed by atoms with E-state index in [0.717, 1.165) is 49.1 Å². The second-order valence-corrected chi connectivity index (χ2v) is 5.04. The lowest BCUT2D eigenvalue weighted by atomic mass is 10.4. The predicted octanol–water partition coefficient (Wildman–Crippen LogP) is 2.95. The third-order valence-electron chi connectivity index (χ3n) is 2.62. The summed E-state index contributed by atoms with van der Waals surface area (Å²) < 4.78 is 11.7. The summed E-state index contributed by atoms with van der Waals surface area (Å²) in [5, 5.41) is 3.32. The van der Waals surface area contributed by atoms with Crippen LogP contribution >= 0.6 is 15.9 Å². The molecule has 16 heavy (non-hydrogen) atoms. The Balaban J connectivity index is 1.42. The lowest BCUT2D eigenvalue weighted by Gasteiger charge is -2.04. The van der Waals surface area contributed by atoms with Crippen LogP contribution in [0.1, 0.15) is 25.0 Å². The van der Waals surface area contributed by atoms with E-state index < -0.39 is 0 Å². The number of nitrogens with one attached hydrogen (secondary N) is 1. The van der Waals surface area contributed by atoms with Crippen LogP contribution in [0.2, 0.25) is 0 Å². The standard InChI is InChI=1S/C12H18BrNO2/c13-12-5-4-11(16-12)8-14-6-1-7-15-9-10-2-3-10/h4-5,10,14H,1-3,6-9H2. The summed E-state index contributed by atoms with van der Waals surface area (Å²) in [6.07, 6.45) is 3.80. The van der Waals surface area contributed by atoms with E-state index in [1.165, 1.54) is 12.8 Å². The maximum absolute atomic E-state index is 5.54. The first-order valence-corrected chi connectivity index (χ1v) is 6.66. The number of ether oxygens (including phenoxy) is 1. The van der Waals surface area contributed by atoms with Gasteiger partial charge in [0.2, 0.25) is 0 Å². The average molecular weight is 288 g/mol. The molecule has 0 amide bonds. The first-order valence-electron chi connectivity index (χ1n) is 5.87. The van der Waals surface area contributed by atoms with Gasteiger partial charge in [-0.2, -0.15) is 0 Å². The van der Waals surface area contributed by atoms with E-state index in [2.05, 4.69) is 21.2 Å². The molecular formula is C12H18BrNO2. The molecule has 1 aromatic heterocycles. The van der Waals surface area contributed by atoms with Crippen LogP contribution < -0.4 is 5.32 Å². The highest BCUT2D eigenvalue weighted by molar-refractivity contribution is 9.10. The fourth-order valence-corrected chi connectivity index (χ4v) is 1.83. The van der Waals surface area contributed by atoms with E-state index in [4.69, 9.17) is 9.15 Å². The Morgan fingerprint density at radius 1 is 1.44 bits per heavy atom. The number of furan rings is 1. The van der Waals surface area contributed by atoms with Crippen molar-refractivity contribution in [2.45, 2.75) is 25.8 Å². The van der Waals surface area contributed by atoms with Crippen LogP contribution in [0, 0.1) is 5.92 Å². The fraction of sp³-hybridized carbons (Fsp3) is 0.667. The third kappa shape index (κ3) is 4.68. The second kappa shape index (κ2) is 6.42. The Morgan fingerprint density at radius 3 is 3.00 bits per heavy atom. The lowest BCUT2D eigenvalue weighted by molar-refractivity contribution is 0.122. The monoisotopic (exact) mass is 287 g/mol. The van der Waals surface area contributed by atoms with Crippen LogP contribution in [0.3, 0.4) is 0 Å². The minimum absolute atomic E-state index is 0.786. The Labute approximate surface area is 105 Å². The summed E-state index contributed by atoms with van der Waals surface area (Å²) in [7, 11) is 0. The van der Waals surface area contributed by atoms with Gasteiger partial charge in [-0.25, -0.2) is 0 Å². The summed E-state index contributed by atoms with van der Waals surface area (Å²) in [5.74, 6) is 1.83. The molecule has 0 unspecified atom stereocenters. The molecule has 1 aliphatic carbocycles.